The van der Waals surface area contributed by atoms with Crippen molar-refractivity contribution in [2.24, 2.45) is 40.6 Å². The molecule has 0 radical (unpaired) electrons. The number of carbonyl (C=O) groups excluding carboxylic acids is 2. The molecule has 6 atom stereocenters. The van der Waals surface area contributed by atoms with Crippen LogP contribution in [0.1, 0.15) is 17.5 Å². The van der Waals surface area contributed by atoms with Gasteiger partial charge in [-0.25, -0.2) is 0 Å². The summed E-state index contributed by atoms with van der Waals surface area (Å²) in [5.41, 5.74) is 1.03. The number of hydrogen-bond donors (Lipinski definition) is 0. The van der Waals surface area contributed by atoms with Gasteiger partial charge in [-0.3, -0.25) is 19.7 Å². The van der Waals surface area contributed by atoms with E-state index >= 15 is 0 Å². The number of hydrogen-bond acceptors (Lipinski definition) is 5. The van der Waals surface area contributed by atoms with E-state index in [0.29, 0.717) is 23.0 Å². The van der Waals surface area contributed by atoms with E-state index in [1.54, 1.807) is 19.1 Å². The van der Waals surface area contributed by atoms with Crippen molar-refractivity contribution in [1.29, 1.82) is 0 Å². The van der Waals surface area contributed by atoms with E-state index in [1.165, 1.54) is 12.3 Å². The number of amides is 2. The normalized spacial score (nSPS) is 36.6. The minimum absolute atomic E-state index is 0.0102. The third-order valence-corrected chi connectivity index (χ3v) is 6.39. The summed E-state index contributed by atoms with van der Waals surface area (Å²) in [4.78, 5) is 36.2. The summed E-state index contributed by atoms with van der Waals surface area (Å²) in [6.07, 6.45) is 6.70. The molecule has 1 saturated heterocycles. The molecule has 6 rings (SSSR count). The van der Waals surface area contributed by atoms with Gasteiger partial charge in [-0.1, -0.05) is 24.3 Å². The second kappa shape index (κ2) is 5.09. The van der Waals surface area contributed by atoms with E-state index in [-0.39, 0.29) is 41.2 Å². The number of nitro benzene ring substituents is 1. The number of rotatable bonds is 3. The standard InChI is InChI=1S/C19H17N3O4/c1-9-2-3-10(6-15(9)22(25)26)8-20-21-18(23)16-11-4-5-12(14-7-13(11)14)17(16)19(21)24/h2-6,8,11-14,16-17H,7H2,1H3/b20-8-/t11-,12-,13-,14-,16-,17+/m0/s1. The molecule has 0 aromatic heterocycles. The number of nitro groups is 1. The van der Waals surface area contributed by atoms with Gasteiger partial charge >= 0.3 is 0 Å². The van der Waals surface area contributed by atoms with Crippen LogP contribution in [-0.2, 0) is 9.59 Å². The molecular weight excluding hydrogens is 334 g/mol. The summed E-state index contributed by atoms with van der Waals surface area (Å²) in [6, 6.07) is 4.71. The topological polar surface area (TPSA) is 92.9 Å². The molecule has 132 valence electrons. The number of aryl methyl sites for hydroxylation is 1. The van der Waals surface area contributed by atoms with Crippen LogP contribution >= 0.6 is 0 Å². The van der Waals surface area contributed by atoms with Crippen molar-refractivity contribution in [3.05, 3.63) is 51.6 Å². The van der Waals surface area contributed by atoms with Gasteiger partial charge in [0.25, 0.3) is 17.5 Å². The Bertz CT molecular complexity index is 885. The number of nitrogens with zero attached hydrogens (tertiary/aromatic N) is 3. The smallest absolute Gasteiger partial charge is 0.272 e. The van der Waals surface area contributed by atoms with Gasteiger partial charge in [0.2, 0.25) is 0 Å². The van der Waals surface area contributed by atoms with Crippen molar-refractivity contribution in [2.75, 3.05) is 0 Å². The number of imide groups is 1. The van der Waals surface area contributed by atoms with Crippen LogP contribution in [0.4, 0.5) is 5.69 Å². The van der Waals surface area contributed by atoms with Crippen molar-refractivity contribution in [3.8, 4) is 0 Å². The first kappa shape index (κ1) is 15.4. The van der Waals surface area contributed by atoms with Crippen LogP contribution in [0.25, 0.3) is 0 Å². The highest BCUT2D eigenvalue weighted by Crippen LogP contribution is 2.65. The predicted octanol–water partition coefficient (Wildman–Crippen LogP) is 2.29. The molecule has 0 spiro atoms. The molecule has 5 aliphatic rings. The predicted molar refractivity (Wildman–Crippen MR) is 92.0 cm³/mol. The maximum atomic E-state index is 12.8. The van der Waals surface area contributed by atoms with Gasteiger partial charge in [-0.05, 0) is 37.0 Å². The minimum Gasteiger partial charge on any atom is -0.272 e. The molecule has 2 bridgehead atoms. The first-order valence-corrected chi connectivity index (χ1v) is 8.82. The zero-order chi connectivity index (χ0) is 18.2. The molecule has 0 N–H and O–H groups in total. The van der Waals surface area contributed by atoms with E-state index in [4.69, 9.17) is 0 Å². The number of carbonyl (C=O) groups is 2. The lowest BCUT2D eigenvalue weighted by molar-refractivity contribution is -0.385. The van der Waals surface area contributed by atoms with Crippen LogP contribution in [0.15, 0.2) is 35.5 Å². The maximum absolute atomic E-state index is 12.8. The molecule has 1 aromatic carbocycles. The van der Waals surface area contributed by atoms with Gasteiger partial charge < -0.3 is 0 Å². The van der Waals surface area contributed by atoms with E-state index in [1.807, 2.05) is 0 Å². The highest BCUT2D eigenvalue weighted by molar-refractivity contribution is 6.06. The van der Waals surface area contributed by atoms with Crippen molar-refractivity contribution in [3.63, 3.8) is 0 Å². The lowest BCUT2D eigenvalue weighted by atomic mass is 9.63. The zero-order valence-electron chi connectivity index (χ0n) is 14.1. The third-order valence-electron chi connectivity index (χ3n) is 6.39. The molecular formula is C19H17N3O4. The summed E-state index contributed by atoms with van der Waals surface area (Å²) in [5.74, 6) is 0.374. The first-order valence-electron chi connectivity index (χ1n) is 8.82. The lowest BCUT2D eigenvalue weighted by Gasteiger charge is -2.37. The Balaban J connectivity index is 1.43. The van der Waals surface area contributed by atoms with E-state index in [9.17, 15) is 19.7 Å². The second-order valence-electron chi connectivity index (χ2n) is 7.69. The van der Waals surface area contributed by atoms with Crippen LogP contribution in [0.3, 0.4) is 0 Å². The van der Waals surface area contributed by atoms with Gasteiger partial charge in [-0.2, -0.15) is 10.1 Å². The van der Waals surface area contributed by atoms with Crippen LogP contribution in [0.5, 0.6) is 0 Å². The molecule has 4 aliphatic carbocycles. The maximum Gasteiger partial charge on any atom is 0.272 e. The monoisotopic (exact) mass is 351 g/mol. The molecule has 3 fully saturated rings. The molecule has 0 unspecified atom stereocenters. The number of hydrazone groups is 1. The van der Waals surface area contributed by atoms with Gasteiger partial charge in [-0.15, -0.1) is 0 Å². The average molecular weight is 351 g/mol. The molecule has 26 heavy (non-hydrogen) atoms. The molecule has 7 nitrogen and oxygen atoms in total. The van der Waals surface area contributed by atoms with Crippen molar-refractivity contribution in [2.45, 2.75) is 13.3 Å². The minimum atomic E-state index is -0.455. The summed E-state index contributed by atoms with van der Waals surface area (Å²) >= 11 is 0. The van der Waals surface area contributed by atoms with Crippen molar-refractivity contribution >= 4 is 23.7 Å². The summed E-state index contributed by atoms with van der Waals surface area (Å²) in [7, 11) is 0. The van der Waals surface area contributed by atoms with Crippen LogP contribution in [0.2, 0.25) is 0 Å². The van der Waals surface area contributed by atoms with E-state index < -0.39 is 4.92 Å². The Morgan fingerprint density at radius 3 is 2.35 bits per heavy atom. The zero-order valence-corrected chi connectivity index (χ0v) is 14.1. The van der Waals surface area contributed by atoms with Crippen LogP contribution in [-0.4, -0.2) is 28.0 Å². The number of benzene rings is 1. The molecule has 1 aromatic rings. The van der Waals surface area contributed by atoms with Crippen LogP contribution in [0, 0.1) is 52.5 Å². The van der Waals surface area contributed by atoms with Gasteiger partial charge in [0.1, 0.15) is 0 Å². The fraction of sp³-hybridized carbons (Fsp3) is 0.421. The Kier molecular flexibility index (Phi) is 3.02. The fourth-order valence-electron chi connectivity index (χ4n) is 5.08. The van der Waals surface area contributed by atoms with Gasteiger partial charge in [0, 0.05) is 17.2 Å². The summed E-state index contributed by atoms with van der Waals surface area (Å²) in [5, 5.41) is 16.1. The molecule has 7 heteroatoms. The fourth-order valence-corrected chi connectivity index (χ4v) is 5.08. The van der Waals surface area contributed by atoms with Gasteiger partial charge in [0.15, 0.2) is 0 Å². The highest BCUT2D eigenvalue weighted by Gasteiger charge is 2.67. The van der Waals surface area contributed by atoms with E-state index in [2.05, 4.69) is 17.3 Å². The Hall–Kier alpha value is -2.83. The first-order chi connectivity index (χ1) is 12.5. The van der Waals surface area contributed by atoms with E-state index in [0.717, 1.165) is 11.4 Å². The lowest BCUT2D eigenvalue weighted by Crippen LogP contribution is -2.40. The SMILES string of the molecule is Cc1ccc(/C=N\N2C(=O)[C@@H]3[C@H]4C=C[C@@H]([C@@H]5C[C@@H]45)[C@@H]3C2=O)cc1[N+](=O)[O-]. The second-order valence-corrected chi connectivity index (χ2v) is 7.69. The van der Waals surface area contributed by atoms with Crippen LogP contribution < -0.4 is 0 Å². The molecule has 2 amide bonds. The van der Waals surface area contributed by atoms with Crippen molar-refractivity contribution in [1.82, 2.24) is 5.01 Å². The molecule has 2 saturated carbocycles. The Morgan fingerprint density at radius 1 is 1.15 bits per heavy atom. The largest absolute Gasteiger partial charge is 0.272 e. The third kappa shape index (κ3) is 1.97. The Labute approximate surface area is 149 Å². The summed E-state index contributed by atoms with van der Waals surface area (Å²) in [6.45, 7) is 1.66. The molecule has 1 heterocycles. The van der Waals surface area contributed by atoms with Gasteiger partial charge in [0.05, 0.1) is 23.0 Å². The quantitative estimate of drug-likeness (QED) is 0.275. The number of allylic oxidation sites excluding steroid dienone is 2. The van der Waals surface area contributed by atoms with Crippen molar-refractivity contribution < 1.29 is 14.5 Å². The highest BCUT2D eigenvalue weighted by atomic mass is 16.6. The Morgan fingerprint density at radius 2 is 1.77 bits per heavy atom. The average Bonchev–Trinajstić information content (AvgIpc) is 3.40. The summed E-state index contributed by atoms with van der Waals surface area (Å²) < 4.78 is 0. The molecule has 1 aliphatic heterocycles.